The molecule has 27 heavy (non-hydrogen) atoms. The molecule has 2 rings (SSSR count). The van der Waals surface area contributed by atoms with Crippen LogP contribution in [0.5, 0.6) is 23.0 Å². The molecule has 0 aromatic heterocycles. The smallest absolute Gasteiger partial charge is 0.298 e. The van der Waals surface area contributed by atoms with E-state index in [2.05, 4.69) is 0 Å². The van der Waals surface area contributed by atoms with Crippen molar-refractivity contribution in [1.29, 1.82) is 0 Å². The Morgan fingerprint density at radius 3 is 1.85 bits per heavy atom. The molecular weight excluding hydrogens is 387 g/mol. The van der Waals surface area contributed by atoms with Crippen molar-refractivity contribution in [2.24, 2.45) is 0 Å². The number of carbonyl (C=O) groups is 1. The molecule has 0 saturated heterocycles. The average molecular weight is 405 g/mol. The zero-order valence-electron chi connectivity index (χ0n) is 15.6. The molecule has 0 unspecified atom stereocenters. The standard InChI is InChI=1S/C17H18O8S.Na/c1-22-10-5-6-11(13(7-10)23-2)17(18)12-8-16(26(19,20)21)15(25-4)9-14(12)24-3;/h5-9H,1-4H3,(H,19,20,21);. The number of hydrogen-bond acceptors (Lipinski definition) is 7. The van der Waals surface area contributed by atoms with Crippen molar-refractivity contribution in [3.63, 3.8) is 0 Å². The van der Waals surface area contributed by atoms with Gasteiger partial charge in [-0.15, -0.1) is 0 Å². The maximum absolute atomic E-state index is 13.0. The molecular formula is C17H18NaO8S. The Kier molecular flexibility index (Phi) is 8.12. The third kappa shape index (κ3) is 4.94. The molecule has 0 atom stereocenters. The quantitative estimate of drug-likeness (QED) is 0.422. The SMILES string of the molecule is COc1ccc(C(=O)c2cc(S(=O)(=O)O)c(OC)cc2OC)c(OC)c1.[Na]. The van der Waals surface area contributed by atoms with Gasteiger partial charge in [0.25, 0.3) is 10.1 Å². The van der Waals surface area contributed by atoms with Crippen LogP contribution in [0.3, 0.4) is 0 Å². The van der Waals surface area contributed by atoms with Crippen molar-refractivity contribution in [3.8, 4) is 23.0 Å². The summed E-state index contributed by atoms with van der Waals surface area (Å²) >= 11 is 0. The minimum Gasteiger partial charge on any atom is -0.497 e. The van der Waals surface area contributed by atoms with Gasteiger partial charge in [-0.05, 0) is 18.2 Å². The molecule has 8 nitrogen and oxygen atoms in total. The summed E-state index contributed by atoms with van der Waals surface area (Å²) in [4.78, 5) is 12.4. The third-order valence-corrected chi connectivity index (χ3v) is 4.54. The summed E-state index contributed by atoms with van der Waals surface area (Å²) in [5.74, 6) is 0.0907. The van der Waals surface area contributed by atoms with E-state index in [0.29, 0.717) is 5.75 Å². The van der Waals surface area contributed by atoms with Crippen molar-refractivity contribution in [2.75, 3.05) is 28.4 Å². The van der Waals surface area contributed by atoms with Gasteiger partial charge in [0.1, 0.15) is 27.9 Å². The van der Waals surface area contributed by atoms with E-state index in [9.17, 15) is 17.8 Å². The van der Waals surface area contributed by atoms with Gasteiger partial charge in [0, 0.05) is 41.7 Å². The van der Waals surface area contributed by atoms with E-state index in [4.69, 9.17) is 18.9 Å². The molecule has 0 saturated carbocycles. The van der Waals surface area contributed by atoms with Crippen LogP contribution in [0.4, 0.5) is 0 Å². The molecule has 1 N–H and O–H groups in total. The summed E-state index contributed by atoms with van der Waals surface area (Å²) in [7, 11) is 0.800. The van der Waals surface area contributed by atoms with Crippen LogP contribution in [0, 0.1) is 0 Å². The van der Waals surface area contributed by atoms with Gasteiger partial charge in [-0.25, -0.2) is 0 Å². The molecule has 0 aliphatic rings. The average Bonchev–Trinajstić information content (AvgIpc) is 2.64. The van der Waals surface area contributed by atoms with Crippen LogP contribution in [0.25, 0.3) is 0 Å². The van der Waals surface area contributed by atoms with Gasteiger partial charge in [-0.1, -0.05) is 0 Å². The van der Waals surface area contributed by atoms with Crippen molar-refractivity contribution in [2.45, 2.75) is 4.90 Å². The van der Waals surface area contributed by atoms with E-state index in [1.165, 1.54) is 46.6 Å². The minimum absolute atomic E-state index is 0. The number of methoxy groups -OCH3 is 4. The molecule has 141 valence electrons. The van der Waals surface area contributed by atoms with Gasteiger partial charge in [-0.2, -0.15) is 8.42 Å². The van der Waals surface area contributed by atoms with Crippen LogP contribution in [-0.2, 0) is 10.1 Å². The van der Waals surface area contributed by atoms with Gasteiger partial charge < -0.3 is 18.9 Å². The predicted octanol–water partition coefficient (Wildman–Crippen LogP) is 1.82. The second kappa shape index (κ2) is 9.43. The fraction of sp³-hybridized carbons (Fsp3) is 0.235. The monoisotopic (exact) mass is 405 g/mol. The fourth-order valence-corrected chi connectivity index (χ4v) is 3.04. The molecule has 1 radical (unpaired) electrons. The van der Waals surface area contributed by atoms with Crippen LogP contribution < -0.4 is 18.9 Å². The Bertz CT molecular complexity index is 940. The first kappa shape index (κ1) is 23.3. The Balaban J connectivity index is 0.00000364. The Morgan fingerprint density at radius 1 is 0.815 bits per heavy atom. The van der Waals surface area contributed by atoms with E-state index < -0.39 is 20.8 Å². The third-order valence-electron chi connectivity index (χ3n) is 3.66. The Labute approximate surface area is 179 Å². The molecule has 0 aliphatic heterocycles. The van der Waals surface area contributed by atoms with E-state index in [1.807, 2.05) is 0 Å². The topological polar surface area (TPSA) is 108 Å². The zero-order chi connectivity index (χ0) is 19.5. The molecule has 2 aromatic rings. The number of benzene rings is 2. The van der Waals surface area contributed by atoms with Crippen molar-refractivity contribution in [3.05, 3.63) is 41.5 Å². The second-order valence-electron chi connectivity index (χ2n) is 5.07. The number of ether oxygens (including phenoxy) is 4. The van der Waals surface area contributed by atoms with E-state index in [0.717, 1.165) is 6.07 Å². The molecule has 0 spiro atoms. The van der Waals surface area contributed by atoms with Gasteiger partial charge in [0.15, 0.2) is 0 Å². The van der Waals surface area contributed by atoms with E-state index >= 15 is 0 Å². The first-order valence-corrected chi connectivity index (χ1v) is 8.71. The zero-order valence-corrected chi connectivity index (χ0v) is 18.4. The maximum Gasteiger partial charge on any atom is 0.298 e. The van der Waals surface area contributed by atoms with Gasteiger partial charge in [-0.3, -0.25) is 9.35 Å². The van der Waals surface area contributed by atoms with Gasteiger partial charge >= 0.3 is 0 Å². The van der Waals surface area contributed by atoms with Crippen molar-refractivity contribution < 1.29 is 36.7 Å². The summed E-state index contributed by atoms with van der Waals surface area (Å²) < 4.78 is 53.1. The summed E-state index contributed by atoms with van der Waals surface area (Å²) in [6, 6.07) is 6.78. The fourth-order valence-electron chi connectivity index (χ4n) is 2.38. The van der Waals surface area contributed by atoms with Gasteiger partial charge in [0.2, 0.25) is 5.78 Å². The summed E-state index contributed by atoms with van der Waals surface area (Å²) in [5, 5.41) is 0. The Morgan fingerprint density at radius 2 is 1.37 bits per heavy atom. The Hall–Kier alpha value is -1.78. The van der Waals surface area contributed by atoms with Crippen LogP contribution in [0.15, 0.2) is 35.2 Å². The molecule has 0 amide bonds. The molecule has 2 aromatic carbocycles. The second-order valence-corrected chi connectivity index (χ2v) is 6.46. The number of hydrogen-bond donors (Lipinski definition) is 1. The normalized spacial score (nSPS) is 10.6. The van der Waals surface area contributed by atoms with Crippen LogP contribution >= 0.6 is 0 Å². The largest absolute Gasteiger partial charge is 0.497 e. The first-order chi connectivity index (χ1) is 12.3. The molecule has 0 heterocycles. The van der Waals surface area contributed by atoms with E-state index in [-0.39, 0.29) is 57.9 Å². The van der Waals surface area contributed by atoms with Gasteiger partial charge in [0.05, 0.1) is 39.6 Å². The minimum atomic E-state index is -4.62. The summed E-state index contributed by atoms with van der Waals surface area (Å²) in [5.41, 5.74) is 0.0856. The molecule has 0 fully saturated rings. The number of rotatable bonds is 7. The van der Waals surface area contributed by atoms with Crippen LogP contribution in [0.1, 0.15) is 15.9 Å². The van der Waals surface area contributed by atoms with E-state index in [1.54, 1.807) is 6.07 Å². The maximum atomic E-state index is 13.0. The van der Waals surface area contributed by atoms with Crippen molar-refractivity contribution >= 4 is 45.5 Å². The molecule has 10 heteroatoms. The molecule has 0 aliphatic carbocycles. The summed E-state index contributed by atoms with van der Waals surface area (Å²) in [6.07, 6.45) is 0. The molecule has 0 bridgehead atoms. The summed E-state index contributed by atoms with van der Waals surface area (Å²) in [6.45, 7) is 0. The predicted molar refractivity (Wildman–Crippen MR) is 98.1 cm³/mol. The van der Waals surface area contributed by atoms with Crippen LogP contribution in [0.2, 0.25) is 0 Å². The first-order valence-electron chi connectivity index (χ1n) is 7.27. The van der Waals surface area contributed by atoms with Crippen LogP contribution in [-0.4, -0.2) is 76.8 Å². The number of ketones is 1. The number of carbonyl (C=O) groups excluding carboxylic acids is 1. The van der Waals surface area contributed by atoms with Crippen molar-refractivity contribution in [1.82, 2.24) is 0 Å².